The topological polar surface area (TPSA) is 78.9 Å². The maximum absolute atomic E-state index is 12.8. The van der Waals surface area contributed by atoms with E-state index in [4.69, 9.17) is 14.2 Å². The Kier molecular flexibility index (Phi) is 44.7. The van der Waals surface area contributed by atoms with Crippen molar-refractivity contribution in [1.29, 1.82) is 0 Å². The number of hydrogen-bond donors (Lipinski definition) is 0. The monoisotopic (exact) mass is 835 g/mol. The Balaban J connectivity index is 4.23. The SMILES string of the molecule is CCCCCCCCCCCCCCCCCCCCCC(=O)OC[C@@H](COC(=O)CCCCCCCCCC(C)C)OC(=O)CCCCCCCCCCCC(C)C. The molecule has 6 heteroatoms. The van der Waals surface area contributed by atoms with Crippen molar-refractivity contribution >= 4 is 17.9 Å². The molecular weight excluding hydrogens is 733 g/mol. The van der Waals surface area contributed by atoms with Crippen LogP contribution in [0.4, 0.5) is 0 Å². The zero-order valence-electron chi connectivity index (χ0n) is 40.4. The van der Waals surface area contributed by atoms with Crippen molar-refractivity contribution in [2.75, 3.05) is 13.2 Å². The quantitative estimate of drug-likeness (QED) is 0.0345. The van der Waals surface area contributed by atoms with Crippen molar-refractivity contribution in [3.63, 3.8) is 0 Å². The van der Waals surface area contributed by atoms with Gasteiger partial charge >= 0.3 is 17.9 Å². The van der Waals surface area contributed by atoms with Gasteiger partial charge in [0.05, 0.1) is 0 Å². The highest BCUT2D eigenvalue weighted by Gasteiger charge is 2.19. The average Bonchev–Trinajstić information content (AvgIpc) is 3.20. The van der Waals surface area contributed by atoms with Crippen LogP contribution in [0.2, 0.25) is 0 Å². The first-order valence-corrected chi connectivity index (χ1v) is 26.2. The van der Waals surface area contributed by atoms with Crippen molar-refractivity contribution in [2.24, 2.45) is 11.8 Å². The van der Waals surface area contributed by atoms with Crippen LogP contribution in [-0.4, -0.2) is 37.2 Å². The van der Waals surface area contributed by atoms with Gasteiger partial charge in [-0.05, 0) is 31.1 Å². The standard InChI is InChI=1S/C53H102O6/c1-6-7-8-9-10-11-12-13-14-15-16-17-18-19-20-23-28-33-38-43-51(54)57-46-50(47-58-52(55)44-39-34-30-25-27-32-37-42-49(4)5)59-53(56)45-40-35-29-24-21-22-26-31-36-41-48(2)3/h48-50H,6-47H2,1-5H3/t50-/m0/s1. The lowest BCUT2D eigenvalue weighted by molar-refractivity contribution is -0.167. The third-order valence-corrected chi connectivity index (χ3v) is 12.0. The molecule has 0 aromatic carbocycles. The molecule has 0 unspecified atom stereocenters. The molecule has 0 aliphatic heterocycles. The Bertz CT molecular complexity index is 900. The van der Waals surface area contributed by atoms with E-state index in [2.05, 4.69) is 34.6 Å². The van der Waals surface area contributed by atoms with E-state index in [0.717, 1.165) is 69.6 Å². The van der Waals surface area contributed by atoms with Gasteiger partial charge in [-0.2, -0.15) is 0 Å². The smallest absolute Gasteiger partial charge is 0.306 e. The molecule has 0 fully saturated rings. The van der Waals surface area contributed by atoms with Crippen molar-refractivity contribution < 1.29 is 28.6 Å². The molecular formula is C53H102O6. The number of carbonyl (C=O) groups excluding carboxylic acids is 3. The van der Waals surface area contributed by atoms with Crippen molar-refractivity contribution in [3.05, 3.63) is 0 Å². The zero-order chi connectivity index (χ0) is 43.3. The first-order chi connectivity index (χ1) is 28.7. The first-order valence-electron chi connectivity index (χ1n) is 26.2. The van der Waals surface area contributed by atoms with Gasteiger partial charge < -0.3 is 14.2 Å². The van der Waals surface area contributed by atoms with Gasteiger partial charge in [0, 0.05) is 19.3 Å². The molecule has 0 amide bonds. The second-order valence-corrected chi connectivity index (χ2v) is 19.1. The highest BCUT2D eigenvalue weighted by Crippen LogP contribution is 2.17. The summed E-state index contributed by atoms with van der Waals surface area (Å²) in [5.74, 6) is 0.734. The first kappa shape index (κ1) is 57.4. The summed E-state index contributed by atoms with van der Waals surface area (Å²) in [6.45, 7) is 11.3. The lowest BCUT2D eigenvalue weighted by atomic mass is 10.0. The average molecular weight is 835 g/mol. The van der Waals surface area contributed by atoms with E-state index in [9.17, 15) is 14.4 Å². The van der Waals surface area contributed by atoms with E-state index < -0.39 is 6.10 Å². The van der Waals surface area contributed by atoms with Gasteiger partial charge in [-0.15, -0.1) is 0 Å². The fourth-order valence-electron chi connectivity index (χ4n) is 7.99. The lowest BCUT2D eigenvalue weighted by Gasteiger charge is -2.18. The Hall–Kier alpha value is -1.59. The fourth-order valence-corrected chi connectivity index (χ4v) is 7.99. The number of rotatable bonds is 47. The van der Waals surface area contributed by atoms with Gasteiger partial charge in [-0.1, -0.05) is 253 Å². The summed E-state index contributed by atoms with van der Waals surface area (Å²) in [5.41, 5.74) is 0. The third kappa shape index (κ3) is 47.3. The second-order valence-electron chi connectivity index (χ2n) is 19.1. The van der Waals surface area contributed by atoms with Crippen LogP contribution in [0.1, 0.15) is 291 Å². The summed E-state index contributed by atoms with van der Waals surface area (Å²) < 4.78 is 16.8. The van der Waals surface area contributed by atoms with Gasteiger partial charge in [0.25, 0.3) is 0 Å². The van der Waals surface area contributed by atoms with Crippen LogP contribution < -0.4 is 0 Å². The van der Waals surface area contributed by atoms with Crippen molar-refractivity contribution in [2.45, 2.75) is 298 Å². The molecule has 6 nitrogen and oxygen atoms in total. The molecule has 0 aliphatic carbocycles. The van der Waals surface area contributed by atoms with Gasteiger partial charge in [0.2, 0.25) is 0 Å². The predicted octanol–water partition coefficient (Wildman–Crippen LogP) is 16.9. The molecule has 0 saturated carbocycles. The Morgan fingerprint density at radius 1 is 0.322 bits per heavy atom. The number of unbranched alkanes of at least 4 members (excludes halogenated alkanes) is 32. The van der Waals surface area contributed by atoms with Crippen LogP contribution in [0.15, 0.2) is 0 Å². The molecule has 0 saturated heterocycles. The Morgan fingerprint density at radius 2 is 0.559 bits per heavy atom. The molecule has 0 aliphatic rings. The van der Waals surface area contributed by atoms with Crippen LogP contribution in [0.25, 0.3) is 0 Å². The summed E-state index contributed by atoms with van der Waals surface area (Å²) >= 11 is 0. The van der Waals surface area contributed by atoms with Crippen LogP contribution in [-0.2, 0) is 28.6 Å². The van der Waals surface area contributed by atoms with Crippen LogP contribution in [0, 0.1) is 11.8 Å². The second kappa shape index (κ2) is 45.9. The number of carbonyl (C=O) groups is 3. The number of ether oxygens (including phenoxy) is 3. The molecule has 0 heterocycles. The summed E-state index contributed by atoms with van der Waals surface area (Å²) in [6, 6.07) is 0. The van der Waals surface area contributed by atoms with Crippen LogP contribution >= 0.6 is 0 Å². The highest BCUT2D eigenvalue weighted by atomic mass is 16.6. The van der Waals surface area contributed by atoms with Gasteiger partial charge in [-0.3, -0.25) is 14.4 Å². The van der Waals surface area contributed by atoms with E-state index >= 15 is 0 Å². The molecule has 0 aromatic heterocycles. The molecule has 1 atom stereocenters. The molecule has 59 heavy (non-hydrogen) atoms. The van der Waals surface area contributed by atoms with Gasteiger partial charge in [0.1, 0.15) is 13.2 Å². The third-order valence-electron chi connectivity index (χ3n) is 12.0. The Morgan fingerprint density at radius 3 is 0.831 bits per heavy atom. The molecule has 0 rings (SSSR count). The normalized spacial score (nSPS) is 12.1. The summed E-state index contributed by atoms with van der Waals surface area (Å²) in [6.07, 6.45) is 46.8. The van der Waals surface area contributed by atoms with Crippen molar-refractivity contribution in [1.82, 2.24) is 0 Å². The molecule has 350 valence electrons. The maximum Gasteiger partial charge on any atom is 0.306 e. The van der Waals surface area contributed by atoms with Crippen LogP contribution in [0.3, 0.4) is 0 Å². The molecule has 0 spiro atoms. The van der Waals surface area contributed by atoms with E-state index in [0.29, 0.717) is 19.3 Å². The molecule has 0 bridgehead atoms. The van der Waals surface area contributed by atoms with Crippen molar-refractivity contribution in [3.8, 4) is 0 Å². The van der Waals surface area contributed by atoms with E-state index in [1.54, 1.807) is 0 Å². The molecule has 0 aromatic rings. The summed E-state index contributed by atoms with van der Waals surface area (Å²) in [7, 11) is 0. The number of esters is 3. The molecule has 0 N–H and O–H groups in total. The van der Waals surface area contributed by atoms with E-state index in [1.807, 2.05) is 0 Å². The summed E-state index contributed by atoms with van der Waals surface area (Å²) in [5, 5.41) is 0. The van der Waals surface area contributed by atoms with Gasteiger partial charge in [-0.25, -0.2) is 0 Å². The van der Waals surface area contributed by atoms with E-state index in [-0.39, 0.29) is 31.1 Å². The Labute approximate surface area is 368 Å². The lowest BCUT2D eigenvalue weighted by Crippen LogP contribution is -2.30. The van der Waals surface area contributed by atoms with Crippen LogP contribution in [0.5, 0.6) is 0 Å². The van der Waals surface area contributed by atoms with Gasteiger partial charge in [0.15, 0.2) is 6.10 Å². The minimum atomic E-state index is -0.762. The zero-order valence-corrected chi connectivity index (χ0v) is 40.4. The molecule has 0 radical (unpaired) electrons. The minimum absolute atomic E-state index is 0.0645. The minimum Gasteiger partial charge on any atom is -0.462 e. The largest absolute Gasteiger partial charge is 0.462 e. The summed E-state index contributed by atoms with van der Waals surface area (Å²) in [4.78, 5) is 37.9. The highest BCUT2D eigenvalue weighted by molar-refractivity contribution is 5.71. The fraction of sp³-hybridized carbons (Fsp3) is 0.943. The predicted molar refractivity (Wildman–Crippen MR) is 252 cm³/mol. The maximum atomic E-state index is 12.8. The number of hydrogen-bond acceptors (Lipinski definition) is 6. The van der Waals surface area contributed by atoms with E-state index in [1.165, 1.54) is 180 Å².